The van der Waals surface area contributed by atoms with E-state index in [-0.39, 0.29) is 18.1 Å². The Hall–Kier alpha value is -3.65. The second kappa shape index (κ2) is 9.33. The van der Waals surface area contributed by atoms with E-state index in [1.165, 1.54) is 6.07 Å². The minimum absolute atomic E-state index is 0.105. The molecule has 0 aliphatic carbocycles. The Balaban J connectivity index is 1.81. The van der Waals surface area contributed by atoms with Gasteiger partial charge in [-0.3, -0.25) is 30.2 Å². The number of nitro groups is 1. The largest absolute Gasteiger partial charge is 0.350 e. The van der Waals surface area contributed by atoms with Gasteiger partial charge < -0.3 is 5.32 Å². The van der Waals surface area contributed by atoms with Crippen LogP contribution in [-0.2, 0) is 17.9 Å². The molecule has 1 aromatic carbocycles. The highest BCUT2D eigenvalue weighted by molar-refractivity contribution is 5.84. The number of hydrogen-bond acceptors (Lipinski definition) is 6. The van der Waals surface area contributed by atoms with E-state index in [1.807, 2.05) is 18.2 Å². The number of amides is 1. The molecule has 3 aromatic rings. The van der Waals surface area contributed by atoms with Crippen LogP contribution in [0.15, 0.2) is 73.3 Å². The Morgan fingerprint density at radius 3 is 2.46 bits per heavy atom. The maximum atomic E-state index is 12.9. The molecule has 28 heavy (non-hydrogen) atoms. The van der Waals surface area contributed by atoms with E-state index in [0.29, 0.717) is 12.1 Å². The van der Waals surface area contributed by atoms with Gasteiger partial charge in [0, 0.05) is 43.9 Å². The smallest absolute Gasteiger partial charge is 0.274 e. The lowest BCUT2D eigenvalue weighted by Crippen LogP contribution is -2.37. The Bertz CT molecular complexity index is 935. The summed E-state index contributed by atoms with van der Waals surface area (Å²) in [6, 6.07) is 12.6. The standard InChI is InChI=1S/C20H19N5O3/c26-20(24-14-16-4-3-9-22-12-16)19(23-13-15-7-10-21-11-8-15)17-5-1-2-6-18(17)25(27)28/h1-12,19,23H,13-14H2,(H,24,26). The molecule has 0 aliphatic heterocycles. The zero-order valence-corrected chi connectivity index (χ0v) is 15.0. The quantitative estimate of drug-likeness (QED) is 0.461. The van der Waals surface area contributed by atoms with Crippen LogP contribution in [-0.4, -0.2) is 20.8 Å². The molecule has 0 bridgehead atoms. The van der Waals surface area contributed by atoms with Crippen LogP contribution >= 0.6 is 0 Å². The lowest BCUT2D eigenvalue weighted by Gasteiger charge is -2.19. The fourth-order valence-electron chi connectivity index (χ4n) is 2.76. The highest BCUT2D eigenvalue weighted by Gasteiger charge is 2.27. The molecule has 2 heterocycles. The van der Waals surface area contributed by atoms with Gasteiger partial charge in [0.25, 0.3) is 5.69 Å². The Morgan fingerprint density at radius 1 is 0.964 bits per heavy atom. The van der Waals surface area contributed by atoms with Crippen LogP contribution in [0.3, 0.4) is 0 Å². The van der Waals surface area contributed by atoms with Crippen LogP contribution in [0.1, 0.15) is 22.7 Å². The summed E-state index contributed by atoms with van der Waals surface area (Å²) in [5, 5.41) is 17.4. The Kier molecular flexibility index (Phi) is 6.37. The molecular formula is C20H19N5O3. The SMILES string of the molecule is O=C(NCc1cccnc1)C(NCc1ccncc1)c1ccccc1[N+](=O)[O-]. The maximum absolute atomic E-state index is 12.9. The number of carbonyl (C=O) groups excluding carboxylic acids is 1. The minimum atomic E-state index is -0.883. The van der Waals surface area contributed by atoms with Gasteiger partial charge in [-0.15, -0.1) is 0 Å². The summed E-state index contributed by atoms with van der Waals surface area (Å²) in [6.07, 6.45) is 6.61. The van der Waals surface area contributed by atoms with Gasteiger partial charge in [-0.2, -0.15) is 0 Å². The molecule has 0 saturated carbocycles. The first-order valence-corrected chi connectivity index (χ1v) is 8.67. The van der Waals surface area contributed by atoms with E-state index >= 15 is 0 Å². The maximum Gasteiger partial charge on any atom is 0.274 e. The summed E-state index contributed by atoms with van der Waals surface area (Å²) in [5.74, 6) is -0.354. The second-order valence-corrected chi connectivity index (χ2v) is 6.06. The van der Waals surface area contributed by atoms with Crippen molar-refractivity contribution < 1.29 is 9.72 Å². The zero-order chi connectivity index (χ0) is 19.8. The van der Waals surface area contributed by atoms with Crippen LogP contribution in [0.5, 0.6) is 0 Å². The van der Waals surface area contributed by atoms with Gasteiger partial charge in [0.15, 0.2) is 0 Å². The monoisotopic (exact) mass is 377 g/mol. The topological polar surface area (TPSA) is 110 Å². The molecule has 0 saturated heterocycles. The number of nitrogens with zero attached hydrogens (tertiary/aromatic N) is 3. The van der Waals surface area contributed by atoms with Crippen molar-refractivity contribution >= 4 is 11.6 Å². The highest BCUT2D eigenvalue weighted by Crippen LogP contribution is 2.25. The van der Waals surface area contributed by atoms with Gasteiger partial charge in [-0.05, 0) is 29.3 Å². The lowest BCUT2D eigenvalue weighted by molar-refractivity contribution is -0.385. The van der Waals surface area contributed by atoms with E-state index in [0.717, 1.165) is 11.1 Å². The van der Waals surface area contributed by atoms with E-state index in [1.54, 1.807) is 49.1 Å². The number of pyridine rings is 2. The van der Waals surface area contributed by atoms with Crippen LogP contribution in [0.2, 0.25) is 0 Å². The molecule has 142 valence electrons. The van der Waals surface area contributed by atoms with Gasteiger partial charge in [0.1, 0.15) is 6.04 Å². The first-order valence-electron chi connectivity index (χ1n) is 8.67. The van der Waals surface area contributed by atoms with Gasteiger partial charge in [-0.1, -0.05) is 24.3 Å². The molecule has 0 radical (unpaired) electrons. The number of nitro benzene ring substituents is 1. The van der Waals surface area contributed by atoms with Crippen molar-refractivity contribution in [2.24, 2.45) is 0 Å². The number of para-hydroxylation sites is 1. The normalized spacial score (nSPS) is 11.6. The number of rotatable bonds is 8. The summed E-state index contributed by atoms with van der Waals surface area (Å²) in [4.78, 5) is 31.8. The third-order valence-electron chi connectivity index (χ3n) is 4.16. The van der Waals surface area contributed by atoms with Crippen molar-refractivity contribution in [2.75, 3.05) is 0 Å². The summed E-state index contributed by atoms with van der Waals surface area (Å²) >= 11 is 0. The average Bonchev–Trinajstić information content (AvgIpc) is 2.74. The van der Waals surface area contributed by atoms with Crippen molar-refractivity contribution in [3.05, 3.63) is 100 Å². The van der Waals surface area contributed by atoms with Gasteiger partial charge in [0.05, 0.1) is 10.5 Å². The van der Waals surface area contributed by atoms with Crippen molar-refractivity contribution in [1.82, 2.24) is 20.6 Å². The van der Waals surface area contributed by atoms with Gasteiger partial charge >= 0.3 is 0 Å². The molecule has 0 aliphatic rings. The van der Waals surface area contributed by atoms with E-state index in [2.05, 4.69) is 20.6 Å². The number of benzene rings is 1. The summed E-state index contributed by atoms with van der Waals surface area (Å²) in [6.45, 7) is 0.639. The molecule has 1 atom stereocenters. The average molecular weight is 377 g/mol. The third kappa shape index (κ3) is 4.95. The Morgan fingerprint density at radius 2 is 1.75 bits per heavy atom. The van der Waals surface area contributed by atoms with Crippen LogP contribution < -0.4 is 10.6 Å². The predicted octanol–water partition coefficient (Wildman–Crippen LogP) is 2.53. The first-order chi connectivity index (χ1) is 13.6. The molecule has 0 spiro atoms. The van der Waals surface area contributed by atoms with Crippen molar-refractivity contribution in [3.8, 4) is 0 Å². The van der Waals surface area contributed by atoms with Crippen molar-refractivity contribution in [2.45, 2.75) is 19.1 Å². The zero-order valence-electron chi connectivity index (χ0n) is 15.0. The number of carbonyl (C=O) groups is 1. The Labute approximate surface area is 161 Å². The van der Waals surface area contributed by atoms with Gasteiger partial charge in [-0.25, -0.2) is 0 Å². The molecule has 1 unspecified atom stereocenters. The summed E-state index contributed by atoms with van der Waals surface area (Å²) in [5.41, 5.74) is 1.96. The van der Waals surface area contributed by atoms with Crippen LogP contribution in [0.4, 0.5) is 5.69 Å². The minimum Gasteiger partial charge on any atom is -0.350 e. The fourth-order valence-corrected chi connectivity index (χ4v) is 2.76. The molecule has 8 heteroatoms. The number of aromatic nitrogens is 2. The van der Waals surface area contributed by atoms with Crippen molar-refractivity contribution in [3.63, 3.8) is 0 Å². The molecular weight excluding hydrogens is 358 g/mol. The summed E-state index contributed by atoms with van der Waals surface area (Å²) in [7, 11) is 0. The molecule has 2 N–H and O–H groups in total. The number of hydrogen-bond donors (Lipinski definition) is 2. The van der Waals surface area contributed by atoms with E-state index in [9.17, 15) is 14.9 Å². The lowest BCUT2D eigenvalue weighted by atomic mass is 10.0. The second-order valence-electron chi connectivity index (χ2n) is 6.06. The van der Waals surface area contributed by atoms with Gasteiger partial charge in [0.2, 0.25) is 5.91 Å². The van der Waals surface area contributed by atoms with Crippen molar-refractivity contribution in [1.29, 1.82) is 0 Å². The first kappa shape index (κ1) is 19.1. The van der Waals surface area contributed by atoms with Crippen LogP contribution in [0, 0.1) is 10.1 Å². The fraction of sp³-hybridized carbons (Fsp3) is 0.150. The molecule has 1 amide bonds. The molecule has 2 aromatic heterocycles. The van der Waals surface area contributed by atoms with E-state index < -0.39 is 11.0 Å². The molecule has 3 rings (SSSR count). The number of nitrogens with one attached hydrogen (secondary N) is 2. The highest BCUT2D eigenvalue weighted by atomic mass is 16.6. The molecule has 8 nitrogen and oxygen atoms in total. The third-order valence-corrected chi connectivity index (χ3v) is 4.16. The predicted molar refractivity (Wildman–Crippen MR) is 103 cm³/mol. The van der Waals surface area contributed by atoms with E-state index in [4.69, 9.17) is 0 Å². The molecule has 0 fully saturated rings. The summed E-state index contributed by atoms with van der Waals surface area (Å²) < 4.78 is 0. The van der Waals surface area contributed by atoms with Crippen LogP contribution in [0.25, 0.3) is 0 Å².